The fraction of sp³-hybridized carbons (Fsp3) is 0.333. The molecule has 4 nitrogen and oxygen atoms in total. The molecule has 1 saturated heterocycles. The second-order valence-electron chi connectivity index (χ2n) is 5.84. The van der Waals surface area contributed by atoms with Crippen LogP contribution in [0.25, 0.3) is 0 Å². The van der Waals surface area contributed by atoms with Gasteiger partial charge in [0.25, 0.3) is 5.91 Å². The summed E-state index contributed by atoms with van der Waals surface area (Å²) in [6, 6.07) is 12.9. The second-order valence-corrected chi connectivity index (χ2v) is 6.28. The molecule has 0 unspecified atom stereocenters. The maximum absolute atomic E-state index is 12.4. The number of carbonyl (C=O) groups excluding carboxylic acids is 1. The van der Waals surface area contributed by atoms with E-state index in [1.807, 2.05) is 30.3 Å². The quantitative estimate of drug-likeness (QED) is 0.939. The zero-order chi connectivity index (χ0) is 16.2. The monoisotopic (exact) mass is 330 g/mol. The number of nitrogens with zero attached hydrogens (tertiary/aromatic N) is 2. The fourth-order valence-electron chi connectivity index (χ4n) is 3.02. The lowest BCUT2D eigenvalue weighted by Gasteiger charge is -2.34. The van der Waals surface area contributed by atoms with E-state index in [2.05, 4.69) is 4.98 Å². The molecule has 2 heterocycles. The van der Waals surface area contributed by atoms with Gasteiger partial charge in [0.15, 0.2) is 0 Å². The zero-order valence-corrected chi connectivity index (χ0v) is 13.5. The molecule has 1 aromatic heterocycles. The average Bonchev–Trinajstić information content (AvgIpc) is 2.61. The molecule has 0 radical (unpaired) electrons. The summed E-state index contributed by atoms with van der Waals surface area (Å²) in [5.41, 5.74) is 1.31. The van der Waals surface area contributed by atoms with Gasteiger partial charge in [-0.25, -0.2) is 0 Å². The Bertz CT molecular complexity index is 670. The number of aliphatic hydroxyl groups excluding tert-OH is 1. The zero-order valence-electron chi connectivity index (χ0n) is 12.7. The first kappa shape index (κ1) is 16.0. The number of halogens is 1. The van der Waals surface area contributed by atoms with Crippen molar-refractivity contribution in [3.63, 3.8) is 0 Å². The summed E-state index contributed by atoms with van der Waals surface area (Å²) in [5.74, 6) is 0.0777. The van der Waals surface area contributed by atoms with Crippen LogP contribution in [-0.4, -0.2) is 34.0 Å². The van der Waals surface area contributed by atoms with E-state index in [9.17, 15) is 9.90 Å². The highest BCUT2D eigenvalue weighted by atomic mass is 35.5. The van der Waals surface area contributed by atoms with Gasteiger partial charge in [0.2, 0.25) is 0 Å². The van der Waals surface area contributed by atoms with Crippen molar-refractivity contribution in [3.8, 4) is 0 Å². The van der Waals surface area contributed by atoms with Crippen LogP contribution in [0.5, 0.6) is 0 Å². The Morgan fingerprint density at radius 1 is 1.22 bits per heavy atom. The van der Waals surface area contributed by atoms with Crippen LogP contribution in [-0.2, 0) is 0 Å². The molecule has 1 N–H and O–H groups in total. The molecule has 120 valence electrons. The number of rotatable bonds is 3. The molecule has 0 bridgehead atoms. The van der Waals surface area contributed by atoms with Gasteiger partial charge in [0.1, 0.15) is 5.69 Å². The standard InChI is InChI=1S/C18H19ClN2O2/c19-15-6-9-20-16(12-15)18(23)21-10-7-14(8-11-21)17(22)13-4-2-1-3-5-13/h1-6,9,12,14,17,22H,7-8,10-11H2/t17-/m1/s1. The van der Waals surface area contributed by atoms with E-state index in [4.69, 9.17) is 11.6 Å². The average molecular weight is 331 g/mol. The van der Waals surface area contributed by atoms with Crippen molar-refractivity contribution in [3.05, 3.63) is 64.9 Å². The molecular weight excluding hydrogens is 312 g/mol. The molecule has 0 saturated carbocycles. The van der Waals surface area contributed by atoms with Crippen LogP contribution in [0.4, 0.5) is 0 Å². The van der Waals surface area contributed by atoms with Crippen LogP contribution in [0.2, 0.25) is 5.02 Å². The highest BCUT2D eigenvalue weighted by Crippen LogP contribution is 2.31. The van der Waals surface area contributed by atoms with Crippen molar-refractivity contribution in [2.24, 2.45) is 5.92 Å². The summed E-state index contributed by atoms with van der Waals surface area (Å²) in [5, 5.41) is 11.0. The normalized spacial score (nSPS) is 17.0. The van der Waals surface area contributed by atoms with Crippen molar-refractivity contribution in [1.29, 1.82) is 0 Å². The summed E-state index contributed by atoms with van der Waals surface area (Å²) in [7, 11) is 0. The number of carbonyl (C=O) groups is 1. The Kier molecular flexibility index (Phi) is 4.94. The maximum atomic E-state index is 12.4. The predicted molar refractivity (Wildman–Crippen MR) is 89.3 cm³/mol. The third kappa shape index (κ3) is 3.71. The van der Waals surface area contributed by atoms with Gasteiger partial charge in [-0.3, -0.25) is 9.78 Å². The third-order valence-electron chi connectivity index (χ3n) is 4.36. The summed E-state index contributed by atoms with van der Waals surface area (Å²) >= 11 is 5.92. The Morgan fingerprint density at radius 2 is 1.91 bits per heavy atom. The highest BCUT2D eigenvalue weighted by molar-refractivity contribution is 6.30. The number of pyridine rings is 1. The van der Waals surface area contributed by atoms with Crippen LogP contribution in [0.3, 0.4) is 0 Å². The number of likely N-dealkylation sites (tertiary alicyclic amines) is 1. The van der Waals surface area contributed by atoms with Gasteiger partial charge < -0.3 is 10.0 Å². The van der Waals surface area contributed by atoms with Crippen LogP contribution in [0.1, 0.15) is 35.0 Å². The molecule has 1 aromatic carbocycles. The fourth-order valence-corrected chi connectivity index (χ4v) is 3.18. The summed E-state index contributed by atoms with van der Waals surface area (Å²) in [6.07, 6.45) is 2.63. The Balaban J connectivity index is 1.61. The van der Waals surface area contributed by atoms with Gasteiger partial charge in [-0.15, -0.1) is 0 Å². The molecule has 2 aromatic rings. The molecule has 0 aliphatic carbocycles. The number of hydrogen-bond acceptors (Lipinski definition) is 3. The molecule has 1 atom stereocenters. The number of aromatic nitrogens is 1. The first-order valence-corrected chi connectivity index (χ1v) is 8.17. The minimum absolute atomic E-state index is 0.0971. The summed E-state index contributed by atoms with van der Waals surface area (Å²) in [6.45, 7) is 1.25. The number of hydrogen-bond donors (Lipinski definition) is 1. The molecule has 23 heavy (non-hydrogen) atoms. The van der Waals surface area contributed by atoms with Crippen molar-refractivity contribution >= 4 is 17.5 Å². The molecule has 1 aliphatic rings. The topological polar surface area (TPSA) is 53.4 Å². The molecule has 1 aliphatic heterocycles. The van der Waals surface area contributed by atoms with E-state index < -0.39 is 6.10 Å². The van der Waals surface area contributed by atoms with Crippen molar-refractivity contribution in [2.45, 2.75) is 18.9 Å². The van der Waals surface area contributed by atoms with E-state index >= 15 is 0 Å². The van der Waals surface area contributed by atoms with E-state index in [1.165, 1.54) is 0 Å². The second kappa shape index (κ2) is 7.11. The molecule has 0 spiro atoms. The van der Waals surface area contributed by atoms with Gasteiger partial charge in [-0.1, -0.05) is 41.9 Å². The number of aliphatic hydroxyl groups is 1. The van der Waals surface area contributed by atoms with E-state index in [1.54, 1.807) is 23.2 Å². The van der Waals surface area contributed by atoms with E-state index in [0.29, 0.717) is 23.8 Å². The summed E-state index contributed by atoms with van der Waals surface area (Å²) < 4.78 is 0. The van der Waals surface area contributed by atoms with Crippen LogP contribution in [0.15, 0.2) is 48.7 Å². The number of amides is 1. The first-order chi connectivity index (χ1) is 11.1. The lowest BCUT2D eigenvalue weighted by Crippen LogP contribution is -2.40. The molecule has 3 rings (SSSR count). The van der Waals surface area contributed by atoms with Crippen LogP contribution in [0, 0.1) is 5.92 Å². The summed E-state index contributed by atoms with van der Waals surface area (Å²) in [4.78, 5) is 18.3. The predicted octanol–water partition coefficient (Wildman–Crippen LogP) is 3.32. The van der Waals surface area contributed by atoms with E-state index in [0.717, 1.165) is 18.4 Å². The molecule has 1 amide bonds. The molecule has 5 heteroatoms. The molecule has 1 fully saturated rings. The van der Waals surface area contributed by atoms with Crippen LogP contribution < -0.4 is 0 Å². The lowest BCUT2D eigenvalue weighted by molar-refractivity contribution is 0.0458. The maximum Gasteiger partial charge on any atom is 0.272 e. The largest absolute Gasteiger partial charge is 0.388 e. The van der Waals surface area contributed by atoms with Crippen molar-refractivity contribution in [1.82, 2.24) is 9.88 Å². The minimum atomic E-state index is -0.474. The Hall–Kier alpha value is -1.91. The third-order valence-corrected chi connectivity index (χ3v) is 4.59. The lowest BCUT2D eigenvalue weighted by atomic mass is 9.87. The van der Waals surface area contributed by atoms with Crippen molar-refractivity contribution < 1.29 is 9.90 Å². The van der Waals surface area contributed by atoms with Crippen molar-refractivity contribution in [2.75, 3.05) is 13.1 Å². The van der Waals surface area contributed by atoms with E-state index in [-0.39, 0.29) is 11.8 Å². The Labute approximate surface area is 140 Å². The van der Waals surface area contributed by atoms with Crippen LogP contribution >= 0.6 is 11.6 Å². The SMILES string of the molecule is O=C(c1cc(Cl)ccn1)N1CCC([C@H](O)c2ccccc2)CC1. The first-order valence-electron chi connectivity index (χ1n) is 7.79. The van der Waals surface area contributed by atoms with Gasteiger partial charge in [0.05, 0.1) is 6.10 Å². The Morgan fingerprint density at radius 3 is 2.57 bits per heavy atom. The van der Waals surface area contributed by atoms with Gasteiger partial charge in [0, 0.05) is 24.3 Å². The smallest absolute Gasteiger partial charge is 0.272 e. The van der Waals surface area contributed by atoms with Gasteiger partial charge in [-0.2, -0.15) is 0 Å². The molecular formula is C18H19ClN2O2. The number of benzene rings is 1. The number of piperidine rings is 1. The van der Waals surface area contributed by atoms with Gasteiger partial charge >= 0.3 is 0 Å². The van der Waals surface area contributed by atoms with Gasteiger partial charge in [-0.05, 0) is 36.5 Å². The minimum Gasteiger partial charge on any atom is -0.388 e. The highest BCUT2D eigenvalue weighted by Gasteiger charge is 2.29.